The molecule has 0 fully saturated rings. The van der Waals surface area contributed by atoms with Crippen molar-refractivity contribution in [3.05, 3.63) is 48.0 Å². The molecule has 0 saturated heterocycles. The van der Waals surface area contributed by atoms with Crippen LogP contribution in [0.2, 0.25) is 0 Å². The van der Waals surface area contributed by atoms with E-state index in [0.717, 1.165) is 5.56 Å². The second-order valence-corrected chi connectivity index (χ2v) is 4.27. The van der Waals surface area contributed by atoms with Crippen LogP contribution in [0.15, 0.2) is 42.5 Å². The van der Waals surface area contributed by atoms with Crippen molar-refractivity contribution in [1.82, 2.24) is 0 Å². The van der Waals surface area contributed by atoms with Crippen LogP contribution in [-0.4, -0.2) is 5.01 Å². The highest BCUT2D eigenvalue weighted by Gasteiger charge is 2.05. The first kappa shape index (κ1) is 9.69. The Hall–Kier alpha value is -0.860. The molecule has 0 spiro atoms. The van der Waals surface area contributed by atoms with Crippen LogP contribution in [-0.2, 0) is 11.5 Å². The minimum absolute atomic E-state index is 0.529. The highest BCUT2D eigenvalue weighted by molar-refractivity contribution is 9.09. The van der Waals surface area contributed by atoms with Gasteiger partial charge in [-0.1, -0.05) is 58.4 Å². The first-order valence-corrected chi connectivity index (χ1v) is 5.45. The van der Waals surface area contributed by atoms with Gasteiger partial charge in [-0.25, -0.2) is 5.11 Å². The van der Waals surface area contributed by atoms with Gasteiger partial charge >= 0.3 is 0 Å². The molecule has 1 atom stereocenters. The molecule has 1 unspecified atom stereocenters. The molecule has 2 heteroatoms. The summed E-state index contributed by atoms with van der Waals surface area (Å²) in [5.41, 5.74) is 1.11. The van der Waals surface area contributed by atoms with E-state index in [0.29, 0.717) is 6.42 Å². The van der Waals surface area contributed by atoms with Crippen molar-refractivity contribution in [2.75, 3.05) is 0 Å². The van der Waals surface area contributed by atoms with E-state index in [9.17, 15) is 5.11 Å². The summed E-state index contributed by atoms with van der Waals surface area (Å²) in [5.74, 6) is 0. The Morgan fingerprint density at radius 3 is 2.57 bits per heavy atom. The van der Waals surface area contributed by atoms with Gasteiger partial charge in [-0.2, -0.15) is 0 Å². The molecule has 0 N–H and O–H groups in total. The van der Waals surface area contributed by atoms with Crippen LogP contribution < -0.4 is 0 Å². The fraction of sp³-hybridized carbons (Fsp3) is 0.167. The van der Waals surface area contributed by atoms with E-state index in [4.69, 9.17) is 0 Å². The SMILES string of the molecule is [O]C(Br)Cc1cccc2ccccc12. The lowest BCUT2D eigenvalue weighted by atomic mass is 10.0. The quantitative estimate of drug-likeness (QED) is 0.726. The average molecular weight is 250 g/mol. The van der Waals surface area contributed by atoms with E-state index in [2.05, 4.69) is 34.1 Å². The lowest BCUT2D eigenvalue weighted by molar-refractivity contribution is 0.171. The van der Waals surface area contributed by atoms with Gasteiger partial charge in [0, 0.05) is 6.42 Å². The summed E-state index contributed by atoms with van der Waals surface area (Å²) in [6.45, 7) is 0. The Morgan fingerprint density at radius 2 is 1.79 bits per heavy atom. The summed E-state index contributed by atoms with van der Waals surface area (Å²) in [6, 6.07) is 14.2. The normalized spacial score (nSPS) is 13.0. The minimum atomic E-state index is -0.715. The molecule has 0 heterocycles. The van der Waals surface area contributed by atoms with Crippen LogP contribution in [0.25, 0.3) is 10.8 Å². The molecule has 1 nitrogen and oxygen atoms in total. The second-order valence-electron chi connectivity index (χ2n) is 3.25. The van der Waals surface area contributed by atoms with Gasteiger partial charge in [0.25, 0.3) is 0 Å². The Morgan fingerprint density at radius 1 is 1.07 bits per heavy atom. The van der Waals surface area contributed by atoms with Crippen molar-refractivity contribution < 1.29 is 5.11 Å². The predicted octanol–water partition coefficient (Wildman–Crippen LogP) is 3.53. The van der Waals surface area contributed by atoms with Gasteiger partial charge in [0.2, 0.25) is 0 Å². The van der Waals surface area contributed by atoms with Crippen LogP contribution in [0.1, 0.15) is 5.56 Å². The highest BCUT2D eigenvalue weighted by atomic mass is 79.9. The van der Waals surface area contributed by atoms with Gasteiger partial charge in [0.15, 0.2) is 5.01 Å². The number of fused-ring (bicyclic) bond motifs is 1. The Balaban J connectivity index is 2.53. The van der Waals surface area contributed by atoms with Crippen LogP contribution in [0.5, 0.6) is 0 Å². The monoisotopic (exact) mass is 249 g/mol. The van der Waals surface area contributed by atoms with Gasteiger partial charge < -0.3 is 0 Å². The number of hydrogen-bond acceptors (Lipinski definition) is 0. The number of rotatable bonds is 2. The summed E-state index contributed by atoms with van der Waals surface area (Å²) >= 11 is 3.04. The summed E-state index contributed by atoms with van der Waals surface area (Å²) in [4.78, 5) is 0. The first-order valence-electron chi connectivity index (χ1n) is 4.54. The van der Waals surface area contributed by atoms with Crippen molar-refractivity contribution >= 4 is 26.7 Å². The molecule has 0 aromatic heterocycles. The van der Waals surface area contributed by atoms with Crippen molar-refractivity contribution in [2.24, 2.45) is 0 Å². The molecule has 1 radical (unpaired) electrons. The zero-order chi connectivity index (χ0) is 9.97. The standard InChI is InChI=1S/C12H10BrO/c13-12(14)8-10-6-3-5-9-4-1-2-7-11(9)10/h1-7,12H,8H2. The molecule has 0 aliphatic rings. The Kier molecular flexibility index (Phi) is 2.85. The lowest BCUT2D eigenvalue weighted by Crippen LogP contribution is -1.98. The molecule has 0 aliphatic carbocycles. The lowest BCUT2D eigenvalue weighted by Gasteiger charge is -2.05. The van der Waals surface area contributed by atoms with Crippen molar-refractivity contribution in [3.8, 4) is 0 Å². The van der Waals surface area contributed by atoms with Crippen molar-refractivity contribution in [3.63, 3.8) is 0 Å². The van der Waals surface area contributed by atoms with Crippen molar-refractivity contribution in [1.29, 1.82) is 0 Å². The topological polar surface area (TPSA) is 19.9 Å². The second kappa shape index (κ2) is 4.11. The Bertz CT molecular complexity index is 432. The van der Waals surface area contributed by atoms with E-state index in [1.54, 1.807) is 0 Å². The van der Waals surface area contributed by atoms with Gasteiger partial charge in [0.1, 0.15) is 0 Å². The summed E-state index contributed by atoms with van der Waals surface area (Å²) in [6.07, 6.45) is 0.529. The number of halogens is 1. The molecule has 0 amide bonds. The van der Waals surface area contributed by atoms with E-state index in [-0.39, 0.29) is 0 Å². The van der Waals surface area contributed by atoms with Crippen molar-refractivity contribution in [2.45, 2.75) is 11.4 Å². The van der Waals surface area contributed by atoms with E-state index in [1.807, 2.05) is 24.3 Å². The smallest absolute Gasteiger partial charge is 0.151 e. The maximum Gasteiger partial charge on any atom is 0.151 e. The van der Waals surface area contributed by atoms with Crippen LogP contribution in [0, 0.1) is 0 Å². The van der Waals surface area contributed by atoms with Gasteiger partial charge in [0.05, 0.1) is 0 Å². The van der Waals surface area contributed by atoms with Gasteiger partial charge in [-0.05, 0) is 16.3 Å². The number of hydrogen-bond donors (Lipinski definition) is 0. The fourth-order valence-electron chi connectivity index (χ4n) is 1.64. The number of benzene rings is 2. The molecule has 0 saturated carbocycles. The fourth-order valence-corrected chi connectivity index (χ4v) is 1.99. The third-order valence-electron chi connectivity index (χ3n) is 2.26. The minimum Gasteiger partial charge on any atom is -0.220 e. The van der Waals surface area contributed by atoms with E-state index >= 15 is 0 Å². The predicted molar refractivity (Wildman–Crippen MR) is 61.1 cm³/mol. The molecular formula is C12H10BrO. The largest absolute Gasteiger partial charge is 0.220 e. The molecule has 71 valence electrons. The molecule has 0 aliphatic heterocycles. The first-order chi connectivity index (χ1) is 6.77. The van der Waals surface area contributed by atoms with Crippen LogP contribution in [0.4, 0.5) is 0 Å². The van der Waals surface area contributed by atoms with Gasteiger partial charge in [-0.15, -0.1) is 0 Å². The van der Waals surface area contributed by atoms with Crippen LogP contribution >= 0.6 is 15.9 Å². The summed E-state index contributed by atoms with van der Waals surface area (Å²) < 4.78 is 0. The maximum absolute atomic E-state index is 11.1. The molecule has 2 rings (SSSR count). The average Bonchev–Trinajstić information content (AvgIpc) is 2.18. The molecule has 2 aromatic rings. The zero-order valence-corrected chi connectivity index (χ0v) is 9.20. The van der Waals surface area contributed by atoms with Gasteiger partial charge in [-0.3, -0.25) is 0 Å². The number of alkyl halides is 1. The third kappa shape index (κ3) is 1.97. The highest BCUT2D eigenvalue weighted by Crippen LogP contribution is 2.20. The summed E-state index contributed by atoms with van der Waals surface area (Å²) in [5, 5.41) is 12.7. The van der Waals surface area contributed by atoms with Crippen LogP contribution in [0.3, 0.4) is 0 Å². The molecular weight excluding hydrogens is 240 g/mol. The van der Waals surface area contributed by atoms with E-state index in [1.165, 1.54) is 10.8 Å². The third-order valence-corrected chi connectivity index (χ3v) is 2.58. The Labute approximate surface area is 91.5 Å². The zero-order valence-electron chi connectivity index (χ0n) is 7.61. The summed E-state index contributed by atoms with van der Waals surface area (Å²) in [7, 11) is 0. The van der Waals surface area contributed by atoms with E-state index < -0.39 is 5.01 Å². The molecule has 0 bridgehead atoms. The molecule has 14 heavy (non-hydrogen) atoms. The molecule has 2 aromatic carbocycles. The maximum atomic E-state index is 11.1.